The third-order valence-corrected chi connectivity index (χ3v) is 3.71. The van der Waals surface area contributed by atoms with Crippen molar-refractivity contribution in [2.45, 2.75) is 32.3 Å². The summed E-state index contributed by atoms with van der Waals surface area (Å²) in [4.78, 5) is 11.0. The molecule has 1 aromatic rings. The molecule has 0 saturated heterocycles. The number of benzene rings is 1. The summed E-state index contributed by atoms with van der Waals surface area (Å²) >= 11 is 6.06. The van der Waals surface area contributed by atoms with Crippen LogP contribution >= 0.6 is 11.6 Å². The van der Waals surface area contributed by atoms with Crippen LogP contribution in [0.1, 0.15) is 36.5 Å². The van der Waals surface area contributed by atoms with Gasteiger partial charge in [-0.15, -0.1) is 0 Å². The number of nitrogens with one attached hydrogen (secondary N) is 1. The SMILES string of the molecule is CC1=C(Nc2cc(C(=O)O)ccc2Cl)CCCC1O. The van der Waals surface area contributed by atoms with E-state index in [1.165, 1.54) is 12.1 Å². The molecule has 19 heavy (non-hydrogen) atoms. The largest absolute Gasteiger partial charge is 0.478 e. The smallest absolute Gasteiger partial charge is 0.335 e. The molecule has 5 heteroatoms. The van der Waals surface area contributed by atoms with Crippen LogP contribution in [0.25, 0.3) is 0 Å². The Bertz CT molecular complexity index is 539. The molecule has 0 fully saturated rings. The molecule has 4 nitrogen and oxygen atoms in total. The quantitative estimate of drug-likeness (QED) is 0.795. The number of rotatable bonds is 3. The maximum Gasteiger partial charge on any atom is 0.335 e. The number of carboxylic acids is 1. The van der Waals surface area contributed by atoms with Crippen LogP contribution in [-0.2, 0) is 0 Å². The van der Waals surface area contributed by atoms with Gasteiger partial charge in [-0.2, -0.15) is 0 Å². The molecule has 1 aliphatic rings. The van der Waals surface area contributed by atoms with Gasteiger partial charge in [0.1, 0.15) is 0 Å². The zero-order valence-electron chi connectivity index (χ0n) is 10.6. The molecule has 1 unspecified atom stereocenters. The van der Waals surface area contributed by atoms with Gasteiger partial charge >= 0.3 is 5.97 Å². The van der Waals surface area contributed by atoms with Gasteiger partial charge in [-0.05, 0) is 50.0 Å². The Labute approximate surface area is 116 Å². The zero-order chi connectivity index (χ0) is 14.0. The number of aliphatic hydroxyl groups excluding tert-OH is 1. The van der Waals surface area contributed by atoms with Gasteiger partial charge in [0.25, 0.3) is 0 Å². The third-order valence-electron chi connectivity index (χ3n) is 3.38. The Morgan fingerprint density at radius 3 is 2.89 bits per heavy atom. The summed E-state index contributed by atoms with van der Waals surface area (Å²) in [6, 6.07) is 4.53. The molecular weight excluding hydrogens is 266 g/mol. The van der Waals surface area contributed by atoms with Gasteiger partial charge in [0, 0.05) is 5.70 Å². The van der Waals surface area contributed by atoms with Crippen LogP contribution in [0.3, 0.4) is 0 Å². The van der Waals surface area contributed by atoms with E-state index in [-0.39, 0.29) is 5.56 Å². The van der Waals surface area contributed by atoms with E-state index < -0.39 is 12.1 Å². The number of carbonyl (C=O) groups is 1. The Morgan fingerprint density at radius 1 is 1.47 bits per heavy atom. The van der Waals surface area contributed by atoms with Crippen molar-refractivity contribution in [2.24, 2.45) is 0 Å². The Balaban J connectivity index is 2.30. The maximum atomic E-state index is 11.0. The second-order valence-corrected chi connectivity index (χ2v) is 5.10. The molecule has 102 valence electrons. The van der Waals surface area contributed by atoms with Crippen LogP contribution < -0.4 is 5.32 Å². The summed E-state index contributed by atoms with van der Waals surface area (Å²) < 4.78 is 0. The van der Waals surface area contributed by atoms with Crippen molar-refractivity contribution >= 4 is 23.3 Å². The minimum Gasteiger partial charge on any atom is -0.478 e. The van der Waals surface area contributed by atoms with Crippen LogP contribution in [0.4, 0.5) is 5.69 Å². The van der Waals surface area contributed by atoms with Crippen molar-refractivity contribution < 1.29 is 15.0 Å². The monoisotopic (exact) mass is 281 g/mol. The molecule has 0 heterocycles. The van der Waals surface area contributed by atoms with Crippen molar-refractivity contribution in [3.8, 4) is 0 Å². The molecule has 1 atom stereocenters. The molecule has 0 amide bonds. The molecule has 1 aliphatic carbocycles. The van der Waals surface area contributed by atoms with Crippen LogP contribution in [-0.4, -0.2) is 22.3 Å². The van der Waals surface area contributed by atoms with Crippen molar-refractivity contribution in [1.82, 2.24) is 0 Å². The van der Waals surface area contributed by atoms with E-state index >= 15 is 0 Å². The third kappa shape index (κ3) is 3.08. The molecule has 2 rings (SSSR count). The average molecular weight is 282 g/mol. The summed E-state index contributed by atoms with van der Waals surface area (Å²) in [5, 5.41) is 22.4. The number of halogens is 1. The second-order valence-electron chi connectivity index (χ2n) is 4.69. The summed E-state index contributed by atoms with van der Waals surface area (Å²) in [5.41, 5.74) is 2.55. The normalized spacial score (nSPS) is 19.4. The highest BCUT2D eigenvalue weighted by Crippen LogP contribution is 2.30. The summed E-state index contributed by atoms with van der Waals surface area (Å²) in [6.45, 7) is 1.88. The zero-order valence-corrected chi connectivity index (χ0v) is 11.4. The highest BCUT2D eigenvalue weighted by molar-refractivity contribution is 6.33. The van der Waals surface area contributed by atoms with Crippen molar-refractivity contribution in [1.29, 1.82) is 0 Å². The van der Waals surface area contributed by atoms with Gasteiger partial charge in [-0.1, -0.05) is 11.6 Å². The van der Waals surface area contributed by atoms with Gasteiger partial charge in [0.2, 0.25) is 0 Å². The van der Waals surface area contributed by atoms with Gasteiger partial charge < -0.3 is 15.5 Å². The van der Waals surface area contributed by atoms with E-state index in [2.05, 4.69) is 5.32 Å². The molecule has 3 N–H and O–H groups in total. The first kappa shape index (κ1) is 13.9. The Morgan fingerprint density at radius 2 is 2.21 bits per heavy atom. The predicted octanol–water partition coefficient (Wildman–Crippen LogP) is 3.27. The number of aliphatic hydroxyl groups is 1. The molecule has 0 aliphatic heterocycles. The topological polar surface area (TPSA) is 69.6 Å². The number of aromatic carboxylic acids is 1. The average Bonchev–Trinajstić information content (AvgIpc) is 2.37. The van der Waals surface area contributed by atoms with E-state index in [9.17, 15) is 9.90 Å². The first-order valence-electron chi connectivity index (χ1n) is 6.16. The highest BCUT2D eigenvalue weighted by atomic mass is 35.5. The molecule has 1 aromatic carbocycles. The highest BCUT2D eigenvalue weighted by Gasteiger charge is 2.18. The maximum absolute atomic E-state index is 11.0. The van der Waals surface area contributed by atoms with Crippen molar-refractivity contribution in [3.05, 3.63) is 40.1 Å². The Kier molecular flexibility index (Phi) is 4.12. The molecular formula is C14H16ClNO3. The standard InChI is InChI=1S/C14H16ClNO3/c1-8-11(3-2-4-13(8)17)16-12-7-9(14(18)19)5-6-10(12)15/h5-7,13,16-17H,2-4H2,1H3,(H,18,19). The number of allylic oxidation sites excluding steroid dienone is 1. The Hall–Kier alpha value is -1.52. The minimum absolute atomic E-state index is 0.182. The van der Waals surface area contributed by atoms with Gasteiger partial charge in [-0.25, -0.2) is 4.79 Å². The number of hydrogen-bond donors (Lipinski definition) is 3. The lowest BCUT2D eigenvalue weighted by atomic mass is 9.94. The van der Waals surface area contributed by atoms with Crippen LogP contribution in [0, 0.1) is 0 Å². The summed E-state index contributed by atoms with van der Waals surface area (Å²) in [7, 11) is 0. The predicted molar refractivity (Wildman–Crippen MR) is 74.6 cm³/mol. The molecule has 0 saturated carbocycles. The lowest BCUT2D eigenvalue weighted by Gasteiger charge is -2.24. The number of anilines is 1. The first-order chi connectivity index (χ1) is 8.99. The van der Waals surface area contributed by atoms with Crippen molar-refractivity contribution in [3.63, 3.8) is 0 Å². The van der Waals surface area contributed by atoms with E-state index in [4.69, 9.17) is 16.7 Å². The molecule has 0 spiro atoms. The first-order valence-corrected chi connectivity index (χ1v) is 6.54. The fourth-order valence-corrected chi connectivity index (χ4v) is 2.33. The fraction of sp³-hybridized carbons (Fsp3) is 0.357. The minimum atomic E-state index is -0.992. The summed E-state index contributed by atoms with van der Waals surface area (Å²) in [6.07, 6.45) is 2.06. The van der Waals surface area contributed by atoms with E-state index in [0.717, 1.165) is 30.5 Å². The number of hydrogen-bond acceptors (Lipinski definition) is 3. The summed E-state index contributed by atoms with van der Waals surface area (Å²) in [5.74, 6) is -0.992. The van der Waals surface area contributed by atoms with Crippen LogP contribution in [0.2, 0.25) is 5.02 Å². The van der Waals surface area contributed by atoms with Crippen LogP contribution in [0.15, 0.2) is 29.5 Å². The molecule has 0 radical (unpaired) electrons. The van der Waals surface area contributed by atoms with E-state index in [1.54, 1.807) is 6.07 Å². The number of carboxylic acid groups (broad SMARTS) is 1. The fourth-order valence-electron chi connectivity index (χ4n) is 2.16. The van der Waals surface area contributed by atoms with Gasteiger partial charge in [0.15, 0.2) is 0 Å². The van der Waals surface area contributed by atoms with E-state index in [1.807, 2.05) is 6.92 Å². The van der Waals surface area contributed by atoms with Gasteiger partial charge in [-0.3, -0.25) is 0 Å². The second kappa shape index (κ2) is 5.63. The van der Waals surface area contributed by atoms with E-state index in [0.29, 0.717) is 10.7 Å². The van der Waals surface area contributed by atoms with Crippen molar-refractivity contribution in [2.75, 3.05) is 5.32 Å². The lowest BCUT2D eigenvalue weighted by molar-refractivity contribution is 0.0697. The lowest BCUT2D eigenvalue weighted by Crippen LogP contribution is -2.19. The van der Waals surface area contributed by atoms with Gasteiger partial charge in [0.05, 0.1) is 22.4 Å². The molecule has 0 bridgehead atoms. The molecule has 0 aromatic heterocycles. The van der Waals surface area contributed by atoms with Crippen LogP contribution in [0.5, 0.6) is 0 Å².